The molecule has 0 spiro atoms. The van der Waals surface area contributed by atoms with Gasteiger partial charge in [0.25, 0.3) is 0 Å². The molecule has 0 saturated heterocycles. The van der Waals surface area contributed by atoms with Crippen LogP contribution in [0.5, 0.6) is 0 Å². The van der Waals surface area contributed by atoms with Gasteiger partial charge in [0.2, 0.25) is 6.43 Å². The Hall–Kier alpha value is -1.33. The van der Waals surface area contributed by atoms with Gasteiger partial charge < -0.3 is 11.1 Å². The molecule has 0 atom stereocenters. The molecule has 1 aromatic rings. The molecule has 1 heterocycles. The van der Waals surface area contributed by atoms with Crippen molar-refractivity contribution in [2.45, 2.75) is 19.8 Å². The number of aromatic nitrogens is 2. The maximum atomic E-state index is 11.9. The van der Waals surface area contributed by atoms with Crippen LogP contribution in [0, 0.1) is 6.92 Å². The highest BCUT2D eigenvalue weighted by atomic mass is 19.3. The summed E-state index contributed by atoms with van der Waals surface area (Å²) >= 11 is 0. The summed E-state index contributed by atoms with van der Waals surface area (Å²) < 4.78 is 25.3. The van der Waals surface area contributed by atoms with E-state index in [1.165, 1.54) is 0 Å². The first-order valence-corrected chi connectivity index (χ1v) is 4.33. The van der Waals surface area contributed by atoms with Gasteiger partial charge in [-0.2, -0.15) is 5.10 Å². The molecule has 0 unspecified atom stereocenters. The number of nitrogens with zero attached hydrogens (tertiary/aromatic N) is 2. The van der Waals surface area contributed by atoms with Gasteiger partial charge in [0.05, 0.1) is 11.4 Å². The van der Waals surface area contributed by atoms with Crippen molar-refractivity contribution >= 4 is 11.5 Å². The number of aryl methyl sites for hydroxylation is 2. The lowest BCUT2D eigenvalue weighted by Crippen LogP contribution is -2.10. The average molecular weight is 204 g/mol. The lowest BCUT2D eigenvalue weighted by atomic mass is 10.3. The summed E-state index contributed by atoms with van der Waals surface area (Å²) in [6.07, 6.45) is -2.48. The fourth-order valence-corrected chi connectivity index (χ4v) is 1.18. The molecule has 1 aromatic heterocycles. The first kappa shape index (κ1) is 10.7. The van der Waals surface area contributed by atoms with Gasteiger partial charge in [-0.05, 0) is 6.92 Å². The van der Waals surface area contributed by atoms with Crippen LogP contribution in [0.25, 0.3) is 0 Å². The van der Waals surface area contributed by atoms with Crippen LogP contribution in [0.2, 0.25) is 0 Å². The predicted molar refractivity (Wildman–Crippen MR) is 51.5 cm³/mol. The summed E-state index contributed by atoms with van der Waals surface area (Å²) in [6.45, 7) is 1.97. The summed E-state index contributed by atoms with van der Waals surface area (Å²) in [4.78, 5) is 0. The molecule has 0 aliphatic rings. The van der Waals surface area contributed by atoms with Crippen LogP contribution in [-0.4, -0.2) is 22.8 Å². The third-order valence-electron chi connectivity index (χ3n) is 1.92. The zero-order valence-electron chi connectivity index (χ0n) is 8.22. The fraction of sp³-hybridized carbons (Fsp3) is 0.625. The lowest BCUT2D eigenvalue weighted by molar-refractivity contribution is 0.142. The van der Waals surface area contributed by atoms with E-state index in [9.17, 15) is 8.78 Å². The van der Waals surface area contributed by atoms with Crippen molar-refractivity contribution in [2.75, 3.05) is 17.6 Å². The van der Waals surface area contributed by atoms with Gasteiger partial charge >= 0.3 is 0 Å². The standard InChI is InChI=1S/C8H14F2N4/c1-5-7(11)8(14(2)13-5)12-4-3-6(9)10/h6,12H,3-4,11H2,1-2H3. The SMILES string of the molecule is Cc1nn(C)c(NCCC(F)F)c1N. The van der Waals surface area contributed by atoms with E-state index >= 15 is 0 Å². The van der Waals surface area contributed by atoms with Crippen molar-refractivity contribution in [1.82, 2.24) is 9.78 Å². The third-order valence-corrected chi connectivity index (χ3v) is 1.92. The van der Waals surface area contributed by atoms with Crippen LogP contribution in [0.1, 0.15) is 12.1 Å². The predicted octanol–water partition coefficient (Wildman–Crippen LogP) is 1.38. The Morgan fingerprint density at radius 2 is 2.21 bits per heavy atom. The monoisotopic (exact) mass is 204 g/mol. The van der Waals surface area contributed by atoms with E-state index in [0.717, 1.165) is 0 Å². The summed E-state index contributed by atoms with van der Waals surface area (Å²) in [5.74, 6) is 0.600. The molecule has 0 aromatic carbocycles. The van der Waals surface area contributed by atoms with Crippen LogP contribution >= 0.6 is 0 Å². The number of rotatable bonds is 4. The zero-order valence-corrected chi connectivity index (χ0v) is 8.22. The maximum Gasteiger partial charge on any atom is 0.240 e. The minimum Gasteiger partial charge on any atom is -0.394 e. The molecule has 14 heavy (non-hydrogen) atoms. The van der Waals surface area contributed by atoms with E-state index in [4.69, 9.17) is 5.73 Å². The number of hydrogen-bond acceptors (Lipinski definition) is 3. The Morgan fingerprint density at radius 1 is 1.57 bits per heavy atom. The lowest BCUT2D eigenvalue weighted by Gasteiger charge is -2.06. The van der Waals surface area contributed by atoms with Gasteiger partial charge in [-0.3, -0.25) is 4.68 Å². The van der Waals surface area contributed by atoms with Crippen molar-refractivity contribution in [3.05, 3.63) is 5.69 Å². The minimum absolute atomic E-state index is 0.191. The molecule has 4 nitrogen and oxygen atoms in total. The van der Waals surface area contributed by atoms with Crippen molar-refractivity contribution in [2.24, 2.45) is 7.05 Å². The molecule has 1 rings (SSSR count). The van der Waals surface area contributed by atoms with Gasteiger partial charge in [-0.25, -0.2) is 8.78 Å². The maximum absolute atomic E-state index is 11.9. The van der Waals surface area contributed by atoms with E-state index in [2.05, 4.69) is 10.4 Å². The van der Waals surface area contributed by atoms with Gasteiger partial charge in [0, 0.05) is 20.0 Å². The molecule has 3 N–H and O–H groups in total. The average Bonchev–Trinajstić information content (AvgIpc) is 2.31. The second-order valence-electron chi connectivity index (χ2n) is 3.08. The molecule has 0 radical (unpaired) electrons. The van der Waals surface area contributed by atoms with Crippen LogP contribution in [0.4, 0.5) is 20.3 Å². The molecule has 6 heteroatoms. The first-order chi connectivity index (χ1) is 6.52. The number of alkyl halides is 2. The van der Waals surface area contributed by atoms with Crippen LogP contribution in [-0.2, 0) is 7.05 Å². The van der Waals surface area contributed by atoms with Crippen molar-refractivity contribution < 1.29 is 8.78 Å². The topological polar surface area (TPSA) is 55.9 Å². The largest absolute Gasteiger partial charge is 0.394 e. The summed E-state index contributed by atoms with van der Waals surface area (Å²) in [5.41, 5.74) is 6.90. The third kappa shape index (κ3) is 2.34. The van der Waals surface area contributed by atoms with Crippen LogP contribution in [0.3, 0.4) is 0 Å². The Morgan fingerprint density at radius 3 is 2.64 bits per heavy atom. The van der Waals surface area contributed by atoms with Gasteiger partial charge in [-0.15, -0.1) is 0 Å². The molecule has 0 aliphatic carbocycles. The van der Waals surface area contributed by atoms with E-state index in [1.807, 2.05) is 0 Å². The second-order valence-corrected chi connectivity index (χ2v) is 3.08. The van der Waals surface area contributed by atoms with Crippen LogP contribution in [0.15, 0.2) is 0 Å². The Balaban J connectivity index is 2.58. The second kappa shape index (κ2) is 4.26. The highest BCUT2D eigenvalue weighted by Gasteiger charge is 2.09. The Bertz CT molecular complexity index is 309. The molecule has 0 aliphatic heterocycles. The fourth-order valence-electron chi connectivity index (χ4n) is 1.18. The summed E-state index contributed by atoms with van der Waals surface area (Å²) in [7, 11) is 1.72. The zero-order chi connectivity index (χ0) is 10.7. The summed E-state index contributed by atoms with van der Waals surface area (Å²) in [6, 6.07) is 0. The molecule has 80 valence electrons. The highest BCUT2D eigenvalue weighted by Crippen LogP contribution is 2.20. The molecule has 0 bridgehead atoms. The van der Waals surface area contributed by atoms with Gasteiger partial charge in [-0.1, -0.05) is 0 Å². The number of hydrogen-bond donors (Lipinski definition) is 2. The number of nitrogens with one attached hydrogen (secondary N) is 1. The first-order valence-electron chi connectivity index (χ1n) is 4.33. The quantitative estimate of drug-likeness (QED) is 0.779. The smallest absolute Gasteiger partial charge is 0.240 e. The molecule has 0 fully saturated rings. The normalized spacial score (nSPS) is 10.9. The van der Waals surface area contributed by atoms with E-state index < -0.39 is 6.43 Å². The number of nitrogen functional groups attached to an aromatic ring is 1. The number of nitrogens with two attached hydrogens (primary N) is 1. The van der Waals surface area contributed by atoms with Crippen LogP contribution < -0.4 is 11.1 Å². The number of halogens is 2. The van der Waals surface area contributed by atoms with Crippen molar-refractivity contribution in [3.8, 4) is 0 Å². The van der Waals surface area contributed by atoms with E-state index in [-0.39, 0.29) is 13.0 Å². The minimum atomic E-state index is -2.29. The van der Waals surface area contributed by atoms with Crippen molar-refractivity contribution in [3.63, 3.8) is 0 Å². The van der Waals surface area contributed by atoms with Gasteiger partial charge in [0.1, 0.15) is 5.82 Å². The molecular weight excluding hydrogens is 190 g/mol. The highest BCUT2D eigenvalue weighted by molar-refractivity contribution is 5.64. The Labute approximate surface area is 81.1 Å². The van der Waals surface area contributed by atoms with Crippen molar-refractivity contribution in [1.29, 1.82) is 0 Å². The Kier molecular flexibility index (Phi) is 3.27. The molecule has 0 saturated carbocycles. The summed E-state index contributed by atoms with van der Waals surface area (Å²) in [5, 5.41) is 6.88. The van der Waals surface area contributed by atoms with E-state index in [0.29, 0.717) is 17.2 Å². The molecular formula is C8H14F2N4. The van der Waals surface area contributed by atoms with Gasteiger partial charge in [0.15, 0.2) is 0 Å². The number of anilines is 2. The molecule has 0 amide bonds. The van der Waals surface area contributed by atoms with E-state index in [1.54, 1.807) is 18.7 Å².